The Morgan fingerprint density at radius 3 is 2.64 bits per heavy atom. The van der Waals surface area contributed by atoms with Crippen molar-refractivity contribution >= 4 is 22.6 Å². The van der Waals surface area contributed by atoms with Gasteiger partial charge in [-0.15, -0.1) is 0 Å². The molecule has 0 radical (unpaired) electrons. The van der Waals surface area contributed by atoms with E-state index in [1.165, 1.54) is 0 Å². The molecule has 0 aliphatic carbocycles. The average Bonchev–Trinajstić information content (AvgIpc) is 2.70. The van der Waals surface area contributed by atoms with Gasteiger partial charge in [-0.2, -0.15) is 5.26 Å². The standard InChI is InChI=1S/C22H20N4O2/c1-14-11-15(6-7-16(14)13-23)21-22(28)25(2)19-9-8-17(12-18(19)24-21)26-10-4-3-5-20(26)27/h6-9,11-12H,3-5,10H2,1-2H3. The Hall–Kier alpha value is -3.46. The number of piperidine rings is 1. The topological polar surface area (TPSA) is 79.0 Å². The maximum atomic E-state index is 12.9. The number of carbonyl (C=O) groups excluding carboxylic acids is 1. The van der Waals surface area contributed by atoms with Crippen LogP contribution >= 0.6 is 0 Å². The molecule has 0 unspecified atom stereocenters. The number of hydrogen-bond donors (Lipinski definition) is 0. The first-order valence-electron chi connectivity index (χ1n) is 9.32. The Morgan fingerprint density at radius 1 is 1.11 bits per heavy atom. The van der Waals surface area contributed by atoms with Crippen LogP contribution in [0.25, 0.3) is 22.3 Å². The number of hydrogen-bond acceptors (Lipinski definition) is 4. The molecule has 1 aliphatic rings. The molecule has 6 heteroatoms. The third kappa shape index (κ3) is 2.95. The van der Waals surface area contributed by atoms with Gasteiger partial charge in [0.1, 0.15) is 5.69 Å². The van der Waals surface area contributed by atoms with Crippen molar-refractivity contribution < 1.29 is 4.79 Å². The summed E-state index contributed by atoms with van der Waals surface area (Å²) in [7, 11) is 1.72. The van der Waals surface area contributed by atoms with Crippen LogP contribution in [0.4, 0.5) is 5.69 Å². The Balaban J connectivity index is 1.87. The number of aromatic nitrogens is 2. The number of benzene rings is 2. The number of aryl methyl sites for hydroxylation is 2. The Morgan fingerprint density at radius 2 is 1.93 bits per heavy atom. The van der Waals surface area contributed by atoms with Gasteiger partial charge in [-0.25, -0.2) is 4.98 Å². The monoisotopic (exact) mass is 372 g/mol. The highest BCUT2D eigenvalue weighted by Gasteiger charge is 2.20. The summed E-state index contributed by atoms with van der Waals surface area (Å²) in [4.78, 5) is 31.5. The molecule has 1 saturated heterocycles. The van der Waals surface area contributed by atoms with Crippen molar-refractivity contribution in [3.63, 3.8) is 0 Å². The maximum absolute atomic E-state index is 12.9. The van der Waals surface area contributed by atoms with E-state index in [1.807, 2.05) is 31.2 Å². The minimum absolute atomic E-state index is 0.123. The van der Waals surface area contributed by atoms with Gasteiger partial charge in [-0.05, 0) is 55.7 Å². The van der Waals surface area contributed by atoms with Crippen LogP contribution < -0.4 is 10.5 Å². The lowest BCUT2D eigenvalue weighted by atomic mass is 10.0. The highest BCUT2D eigenvalue weighted by atomic mass is 16.2. The van der Waals surface area contributed by atoms with Crippen molar-refractivity contribution in [2.45, 2.75) is 26.2 Å². The van der Waals surface area contributed by atoms with Crippen molar-refractivity contribution in [2.24, 2.45) is 7.05 Å². The fourth-order valence-electron chi connectivity index (χ4n) is 3.69. The highest BCUT2D eigenvalue weighted by Crippen LogP contribution is 2.26. The highest BCUT2D eigenvalue weighted by molar-refractivity contribution is 5.96. The van der Waals surface area contributed by atoms with Crippen molar-refractivity contribution in [3.8, 4) is 17.3 Å². The van der Waals surface area contributed by atoms with Crippen molar-refractivity contribution in [2.75, 3.05) is 11.4 Å². The molecule has 1 aliphatic heterocycles. The predicted octanol–water partition coefficient (Wildman–Crippen LogP) is 3.30. The molecule has 1 aromatic heterocycles. The molecule has 0 spiro atoms. The van der Waals surface area contributed by atoms with Gasteiger partial charge >= 0.3 is 0 Å². The van der Waals surface area contributed by atoms with Crippen LogP contribution in [0.2, 0.25) is 0 Å². The molecule has 2 aromatic carbocycles. The quantitative estimate of drug-likeness (QED) is 0.691. The zero-order valence-corrected chi connectivity index (χ0v) is 15.9. The lowest BCUT2D eigenvalue weighted by Crippen LogP contribution is -2.35. The lowest BCUT2D eigenvalue weighted by Gasteiger charge is -2.27. The molecule has 6 nitrogen and oxygen atoms in total. The van der Waals surface area contributed by atoms with Gasteiger partial charge < -0.3 is 9.47 Å². The van der Waals surface area contributed by atoms with Gasteiger partial charge in [0.25, 0.3) is 5.56 Å². The number of rotatable bonds is 2. The van der Waals surface area contributed by atoms with E-state index < -0.39 is 0 Å². The van der Waals surface area contributed by atoms with Gasteiger partial charge in [0.05, 0.1) is 22.7 Å². The predicted molar refractivity (Wildman–Crippen MR) is 108 cm³/mol. The Kier molecular flexibility index (Phi) is 4.44. The molecular formula is C22H20N4O2. The molecule has 0 atom stereocenters. The van der Waals surface area contributed by atoms with Gasteiger partial charge in [-0.1, -0.05) is 6.07 Å². The first-order chi connectivity index (χ1) is 13.5. The van der Waals surface area contributed by atoms with Crippen LogP contribution in [-0.2, 0) is 11.8 Å². The summed E-state index contributed by atoms with van der Waals surface area (Å²) in [5.74, 6) is 0.123. The molecule has 0 N–H and O–H groups in total. The van der Waals surface area contributed by atoms with Crippen LogP contribution in [0.15, 0.2) is 41.2 Å². The summed E-state index contributed by atoms with van der Waals surface area (Å²) in [6, 6.07) is 13.0. The molecule has 28 heavy (non-hydrogen) atoms. The second-order valence-corrected chi connectivity index (χ2v) is 7.14. The molecule has 1 fully saturated rings. The summed E-state index contributed by atoms with van der Waals surface area (Å²) in [5.41, 5.74) is 4.39. The molecule has 0 saturated carbocycles. The summed E-state index contributed by atoms with van der Waals surface area (Å²) < 4.78 is 1.58. The maximum Gasteiger partial charge on any atom is 0.277 e. The minimum Gasteiger partial charge on any atom is -0.312 e. The average molecular weight is 372 g/mol. The minimum atomic E-state index is -0.196. The molecule has 4 rings (SSSR count). The van der Waals surface area contributed by atoms with Crippen LogP contribution in [0.5, 0.6) is 0 Å². The van der Waals surface area contributed by atoms with Crippen molar-refractivity contribution in [1.82, 2.24) is 9.55 Å². The fraction of sp³-hybridized carbons (Fsp3) is 0.273. The summed E-state index contributed by atoms with van der Waals surface area (Å²) in [6.45, 7) is 2.55. The van der Waals surface area contributed by atoms with Gasteiger partial charge in [0.15, 0.2) is 0 Å². The van der Waals surface area contributed by atoms with Crippen molar-refractivity contribution in [3.05, 3.63) is 57.9 Å². The zero-order chi connectivity index (χ0) is 19.8. The number of nitriles is 1. The van der Waals surface area contributed by atoms with E-state index >= 15 is 0 Å². The molecule has 1 amide bonds. The molecule has 140 valence electrons. The summed E-state index contributed by atoms with van der Waals surface area (Å²) in [6.07, 6.45) is 2.48. The van der Waals surface area contributed by atoms with E-state index in [9.17, 15) is 9.59 Å². The smallest absolute Gasteiger partial charge is 0.277 e. The van der Waals surface area contributed by atoms with E-state index in [0.29, 0.717) is 40.8 Å². The lowest BCUT2D eigenvalue weighted by molar-refractivity contribution is -0.119. The van der Waals surface area contributed by atoms with E-state index in [-0.39, 0.29) is 11.5 Å². The number of carbonyl (C=O) groups is 1. The first kappa shape index (κ1) is 17.9. The van der Waals surface area contributed by atoms with Crippen molar-refractivity contribution in [1.29, 1.82) is 5.26 Å². The van der Waals surface area contributed by atoms with Crippen LogP contribution in [0.3, 0.4) is 0 Å². The van der Waals surface area contributed by atoms with E-state index in [1.54, 1.807) is 28.6 Å². The summed E-state index contributed by atoms with van der Waals surface area (Å²) in [5, 5.41) is 9.13. The molecular weight excluding hydrogens is 352 g/mol. The van der Waals surface area contributed by atoms with Gasteiger partial charge in [-0.3, -0.25) is 9.59 Å². The largest absolute Gasteiger partial charge is 0.312 e. The second kappa shape index (κ2) is 6.93. The van der Waals surface area contributed by atoms with Gasteiger partial charge in [0.2, 0.25) is 5.91 Å². The van der Waals surface area contributed by atoms with Crippen LogP contribution in [0.1, 0.15) is 30.4 Å². The number of nitrogens with zero attached hydrogens (tertiary/aromatic N) is 4. The van der Waals surface area contributed by atoms with E-state index in [0.717, 1.165) is 24.1 Å². The second-order valence-electron chi connectivity index (χ2n) is 7.14. The Labute approximate surface area is 162 Å². The third-order valence-electron chi connectivity index (χ3n) is 5.32. The van der Waals surface area contributed by atoms with Gasteiger partial charge in [0, 0.05) is 31.3 Å². The third-order valence-corrected chi connectivity index (χ3v) is 5.32. The molecule has 0 bridgehead atoms. The SMILES string of the molecule is Cc1cc(-c2nc3cc(N4CCCCC4=O)ccc3n(C)c2=O)ccc1C#N. The first-order valence-corrected chi connectivity index (χ1v) is 9.32. The summed E-state index contributed by atoms with van der Waals surface area (Å²) >= 11 is 0. The molecule has 3 aromatic rings. The zero-order valence-electron chi connectivity index (χ0n) is 15.9. The van der Waals surface area contributed by atoms with E-state index in [2.05, 4.69) is 11.1 Å². The van der Waals surface area contributed by atoms with E-state index in [4.69, 9.17) is 5.26 Å². The number of anilines is 1. The van der Waals surface area contributed by atoms with Crippen LogP contribution in [0, 0.1) is 18.3 Å². The normalized spacial score (nSPS) is 14.3. The number of amides is 1. The molecule has 2 heterocycles. The number of fused-ring (bicyclic) bond motifs is 1. The van der Waals surface area contributed by atoms with Crippen LogP contribution in [-0.4, -0.2) is 22.0 Å². The Bertz CT molecular complexity index is 1200. The fourth-order valence-corrected chi connectivity index (χ4v) is 3.69.